The van der Waals surface area contributed by atoms with Gasteiger partial charge in [0, 0.05) is 26.7 Å². The molecule has 0 rings (SSSR count). The van der Waals surface area contributed by atoms with Crippen LogP contribution in [0.3, 0.4) is 0 Å². The summed E-state index contributed by atoms with van der Waals surface area (Å²) in [4.78, 5) is 13.8. The highest BCUT2D eigenvalue weighted by molar-refractivity contribution is 5.75. The molecular formula is C13H28N2O3. The van der Waals surface area contributed by atoms with Crippen LogP contribution in [0.1, 0.15) is 20.3 Å². The van der Waals surface area contributed by atoms with Gasteiger partial charge < -0.3 is 19.7 Å². The Morgan fingerprint density at radius 3 is 2.39 bits per heavy atom. The largest absolute Gasteiger partial charge is 0.468 e. The zero-order valence-electron chi connectivity index (χ0n) is 12.4. The Hall–Kier alpha value is -0.650. The molecule has 0 heterocycles. The number of hydrogen-bond acceptors (Lipinski definition) is 5. The van der Waals surface area contributed by atoms with Crippen LogP contribution in [0.5, 0.6) is 0 Å². The number of likely N-dealkylation sites (N-methyl/N-ethyl adjacent to an activating group) is 1. The number of hydrogen-bond donors (Lipinski definition) is 1. The second kappa shape index (κ2) is 10.3. The standard InChI is InChI=1S/C13H28N2O3/c1-11(2)10-15(8-9-17-4)7-6-12(14-3)13(16)18-5/h11-12,14H,6-10H2,1-5H3. The Kier molecular flexibility index (Phi) is 9.92. The topological polar surface area (TPSA) is 50.8 Å². The second-order valence-corrected chi connectivity index (χ2v) is 4.84. The molecule has 0 fully saturated rings. The second-order valence-electron chi connectivity index (χ2n) is 4.84. The molecule has 0 saturated heterocycles. The third kappa shape index (κ3) is 7.63. The van der Waals surface area contributed by atoms with Crippen LogP contribution in [0.25, 0.3) is 0 Å². The first kappa shape index (κ1) is 17.4. The molecule has 0 saturated carbocycles. The molecule has 0 bridgehead atoms. The molecule has 1 atom stereocenters. The van der Waals surface area contributed by atoms with E-state index in [9.17, 15) is 4.79 Å². The summed E-state index contributed by atoms with van der Waals surface area (Å²) >= 11 is 0. The lowest BCUT2D eigenvalue weighted by Gasteiger charge is -2.25. The number of nitrogens with one attached hydrogen (secondary N) is 1. The normalized spacial score (nSPS) is 13.1. The van der Waals surface area contributed by atoms with E-state index in [1.54, 1.807) is 14.2 Å². The molecule has 0 aliphatic carbocycles. The van der Waals surface area contributed by atoms with Gasteiger partial charge >= 0.3 is 5.97 Å². The lowest BCUT2D eigenvalue weighted by Crippen LogP contribution is -2.40. The van der Waals surface area contributed by atoms with Crippen LogP contribution < -0.4 is 5.32 Å². The van der Waals surface area contributed by atoms with Crippen molar-refractivity contribution in [3.05, 3.63) is 0 Å². The van der Waals surface area contributed by atoms with Crippen molar-refractivity contribution < 1.29 is 14.3 Å². The smallest absolute Gasteiger partial charge is 0.322 e. The van der Waals surface area contributed by atoms with Gasteiger partial charge in [0.2, 0.25) is 0 Å². The fourth-order valence-electron chi connectivity index (χ4n) is 1.87. The first-order valence-electron chi connectivity index (χ1n) is 6.51. The Morgan fingerprint density at radius 2 is 1.94 bits per heavy atom. The van der Waals surface area contributed by atoms with Crippen LogP contribution in [0.15, 0.2) is 0 Å². The summed E-state index contributed by atoms with van der Waals surface area (Å²) in [5.41, 5.74) is 0. The van der Waals surface area contributed by atoms with Crippen LogP contribution in [0.4, 0.5) is 0 Å². The maximum atomic E-state index is 11.5. The van der Waals surface area contributed by atoms with E-state index in [0.717, 1.165) is 32.7 Å². The van der Waals surface area contributed by atoms with Crippen LogP contribution in [-0.4, -0.2) is 64.4 Å². The zero-order chi connectivity index (χ0) is 14.0. The molecule has 0 amide bonds. The van der Waals surface area contributed by atoms with Gasteiger partial charge in [0.05, 0.1) is 13.7 Å². The lowest BCUT2D eigenvalue weighted by molar-refractivity contribution is -0.143. The van der Waals surface area contributed by atoms with Gasteiger partial charge in [0.1, 0.15) is 6.04 Å². The third-order valence-electron chi connectivity index (χ3n) is 2.80. The molecule has 0 aliphatic rings. The summed E-state index contributed by atoms with van der Waals surface area (Å²) in [6.07, 6.45) is 0.750. The van der Waals surface area contributed by atoms with E-state index in [0.29, 0.717) is 5.92 Å². The molecule has 0 aliphatic heterocycles. The van der Waals surface area contributed by atoms with Gasteiger partial charge in [-0.3, -0.25) is 4.79 Å². The summed E-state index contributed by atoms with van der Waals surface area (Å²) in [6, 6.07) is -0.229. The van der Waals surface area contributed by atoms with Crippen molar-refractivity contribution in [2.24, 2.45) is 5.92 Å². The fraction of sp³-hybridized carbons (Fsp3) is 0.923. The molecule has 1 N–H and O–H groups in total. The predicted octanol–water partition coefficient (Wildman–Crippen LogP) is 0.742. The van der Waals surface area contributed by atoms with Crippen molar-refractivity contribution in [2.75, 3.05) is 47.5 Å². The maximum absolute atomic E-state index is 11.5. The molecule has 0 spiro atoms. The number of carbonyl (C=O) groups is 1. The third-order valence-corrected chi connectivity index (χ3v) is 2.80. The summed E-state index contributed by atoms with van der Waals surface area (Å²) in [7, 11) is 4.91. The molecule has 5 nitrogen and oxygen atoms in total. The summed E-state index contributed by atoms with van der Waals surface area (Å²) in [6.45, 7) is 7.87. The Labute approximate surface area is 111 Å². The van der Waals surface area contributed by atoms with Crippen LogP contribution >= 0.6 is 0 Å². The van der Waals surface area contributed by atoms with Gasteiger partial charge in [-0.2, -0.15) is 0 Å². The minimum atomic E-state index is -0.229. The van der Waals surface area contributed by atoms with E-state index < -0.39 is 0 Å². The van der Waals surface area contributed by atoms with Gasteiger partial charge in [-0.15, -0.1) is 0 Å². The highest BCUT2D eigenvalue weighted by Gasteiger charge is 2.18. The summed E-state index contributed by atoms with van der Waals surface area (Å²) in [5.74, 6) is 0.404. The number of ether oxygens (including phenoxy) is 2. The minimum absolute atomic E-state index is 0.200. The van der Waals surface area contributed by atoms with Crippen molar-refractivity contribution in [2.45, 2.75) is 26.3 Å². The fourth-order valence-corrected chi connectivity index (χ4v) is 1.87. The Balaban J connectivity index is 4.16. The number of esters is 1. The van der Waals surface area contributed by atoms with Crippen molar-refractivity contribution in [1.29, 1.82) is 0 Å². The number of rotatable bonds is 10. The molecule has 0 aromatic carbocycles. The van der Waals surface area contributed by atoms with Crippen LogP contribution in [0, 0.1) is 5.92 Å². The predicted molar refractivity (Wildman–Crippen MR) is 72.6 cm³/mol. The van der Waals surface area contributed by atoms with Crippen molar-refractivity contribution in [3.63, 3.8) is 0 Å². The van der Waals surface area contributed by atoms with Gasteiger partial charge in [-0.25, -0.2) is 0 Å². The molecule has 0 aromatic heterocycles. The molecule has 5 heteroatoms. The van der Waals surface area contributed by atoms with E-state index in [-0.39, 0.29) is 12.0 Å². The van der Waals surface area contributed by atoms with Crippen molar-refractivity contribution >= 4 is 5.97 Å². The van der Waals surface area contributed by atoms with Gasteiger partial charge in [-0.1, -0.05) is 13.8 Å². The molecule has 108 valence electrons. The van der Waals surface area contributed by atoms with E-state index >= 15 is 0 Å². The molecule has 18 heavy (non-hydrogen) atoms. The number of carbonyl (C=O) groups excluding carboxylic acids is 1. The summed E-state index contributed by atoms with van der Waals surface area (Å²) in [5, 5.41) is 2.99. The average molecular weight is 260 g/mol. The first-order valence-corrected chi connectivity index (χ1v) is 6.51. The molecular weight excluding hydrogens is 232 g/mol. The highest BCUT2D eigenvalue weighted by Crippen LogP contribution is 2.03. The van der Waals surface area contributed by atoms with Gasteiger partial charge in [0.25, 0.3) is 0 Å². The van der Waals surface area contributed by atoms with Crippen molar-refractivity contribution in [1.82, 2.24) is 10.2 Å². The maximum Gasteiger partial charge on any atom is 0.322 e. The minimum Gasteiger partial charge on any atom is -0.468 e. The average Bonchev–Trinajstić information content (AvgIpc) is 2.35. The van der Waals surface area contributed by atoms with Gasteiger partial charge in [0.15, 0.2) is 0 Å². The van der Waals surface area contributed by atoms with E-state index in [2.05, 4.69) is 24.1 Å². The SMILES string of the molecule is CNC(CCN(CCOC)CC(C)C)C(=O)OC. The number of methoxy groups -OCH3 is 2. The molecule has 0 aromatic rings. The molecule has 0 radical (unpaired) electrons. The Bertz CT molecular complexity index is 222. The first-order chi connectivity index (χ1) is 8.54. The van der Waals surface area contributed by atoms with E-state index in [4.69, 9.17) is 9.47 Å². The van der Waals surface area contributed by atoms with Crippen LogP contribution in [0.2, 0.25) is 0 Å². The summed E-state index contributed by atoms with van der Waals surface area (Å²) < 4.78 is 9.86. The Morgan fingerprint density at radius 1 is 1.28 bits per heavy atom. The molecule has 1 unspecified atom stereocenters. The van der Waals surface area contributed by atoms with E-state index in [1.807, 2.05) is 0 Å². The van der Waals surface area contributed by atoms with Gasteiger partial charge in [-0.05, 0) is 19.4 Å². The lowest BCUT2D eigenvalue weighted by atomic mass is 10.1. The van der Waals surface area contributed by atoms with Crippen molar-refractivity contribution in [3.8, 4) is 0 Å². The number of nitrogens with zero attached hydrogens (tertiary/aromatic N) is 1. The monoisotopic (exact) mass is 260 g/mol. The van der Waals surface area contributed by atoms with Crippen LogP contribution in [-0.2, 0) is 14.3 Å². The quantitative estimate of drug-likeness (QED) is 0.587. The zero-order valence-corrected chi connectivity index (χ0v) is 12.4. The highest BCUT2D eigenvalue weighted by atomic mass is 16.5. The van der Waals surface area contributed by atoms with E-state index in [1.165, 1.54) is 7.11 Å².